The van der Waals surface area contributed by atoms with E-state index in [1.54, 1.807) is 0 Å². The maximum absolute atomic E-state index is 12.0. The van der Waals surface area contributed by atoms with Crippen molar-refractivity contribution >= 4 is 46.9 Å². The molecule has 1 aliphatic carbocycles. The van der Waals surface area contributed by atoms with Gasteiger partial charge in [0.1, 0.15) is 16.4 Å². The molecule has 1 aliphatic rings. The summed E-state index contributed by atoms with van der Waals surface area (Å²) in [4.78, 5) is 20.9. The molecule has 1 aromatic heterocycles. The van der Waals surface area contributed by atoms with Crippen molar-refractivity contribution in [2.24, 2.45) is 0 Å². The van der Waals surface area contributed by atoms with Crippen LogP contribution in [0.3, 0.4) is 0 Å². The molecule has 0 radical (unpaired) electrons. The highest BCUT2D eigenvalue weighted by Crippen LogP contribution is 2.32. The zero-order chi connectivity index (χ0) is 19.2. The number of carboxylic acids is 1. The first-order chi connectivity index (χ1) is 13.1. The van der Waals surface area contributed by atoms with Crippen LogP contribution in [-0.4, -0.2) is 33.3 Å². The van der Waals surface area contributed by atoms with Crippen molar-refractivity contribution in [3.8, 4) is 0 Å². The lowest BCUT2D eigenvalue weighted by molar-refractivity contribution is 0.0692. The molecule has 0 unspecified atom stereocenters. The summed E-state index contributed by atoms with van der Waals surface area (Å²) in [7, 11) is 0. The molecule has 5 nitrogen and oxygen atoms in total. The minimum absolute atomic E-state index is 0.164. The van der Waals surface area contributed by atoms with Gasteiger partial charge in [-0.2, -0.15) is 0 Å². The fourth-order valence-corrected chi connectivity index (χ4v) is 4.61. The molecule has 0 atom stereocenters. The lowest BCUT2D eigenvalue weighted by Crippen LogP contribution is -2.25. The Balaban J connectivity index is 1.87. The van der Waals surface area contributed by atoms with Crippen LogP contribution in [0, 0.1) is 0 Å². The number of carboxylic acid groups (broad SMARTS) is 1. The maximum atomic E-state index is 12.0. The molecule has 2 N–H and O–H groups in total. The van der Waals surface area contributed by atoms with Crippen LogP contribution in [0.5, 0.6) is 0 Å². The number of nitrogens with one attached hydrogen (secondary N) is 1. The van der Waals surface area contributed by atoms with Gasteiger partial charge in [-0.25, -0.2) is 14.8 Å². The predicted molar refractivity (Wildman–Crippen MR) is 112 cm³/mol. The topological polar surface area (TPSA) is 75.1 Å². The number of aromatic carboxylic acids is 1. The Labute approximate surface area is 172 Å². The number of benzene rings is 1. The van der Waals surface area contributed by atoms with Crippen LogP contribution >= 0.6 is 35.1 Å². The molecular formula is C19H22ClN3O2S2. The lowest BCUT2D eigenvalue weighted by atomic mass is 9.95. The first kappa shape index (κ1) is 20.3. The number of rotatable bonds is 7. The lowest BCUT2D eigenvalue weighted by Gasteiger charge is -2.24. The van der Waals surface area contributed by atoms with Crippen molar-refractivity contribution in [2.75, 3.05) is 11.6 Å². The molecule has 0 bridgehead atoms. The molecule has 144 valence electrons. The van der Waals surface area contributed by atoms with E-state index in [1.165, 1.54) is 42.8 Å². The van der Waals surface area contributed by atoms with E-state index in [-0.39, 0.29) is 11.6 Å². The third-order valence-corrected chi connectivity index (χ3v) is 6.33. The van der Waals surface area contributed by atoms with Gasteiger partial charge >= 0.3 is 5.97 Å². The first-order valence-corrected chi connectivity index (χ1v) is 11.5. The van der Waals surface area contributed by atoms with Gasteiger partial charge in [-0.05, 0) is 36.8 Å². The molecule has 1 fully saturated rings. The minimum atomic E-state index is -1.00. The summed E-state index contributed by atoms with van der Waals surface area (Å²) in [6, 6.07) is 7.81. The Morgan fingerprint density at radius 1 is 1.22 bits per heavy atom. The van der Waals surface area contributed by atoms with E-state index < -0.39 is 5.97 Å². The average Bonchev–Trinajstić information content (AvgIpc) is 2.67. The van der Waals surface area contributed by atoms with Crippen molar-refractivity contribution in [2.45, 2.75) is 54.1 Å². The first-order valence-electron chi connectivity index (χ1n) is 8.90. The van der Waals surface area contributed by atoms with Crippen LogP contribution in [0.1, 0.15) is 48.0 Å². The molecule has 0 spiro atoms. The van der Waals surface area contributed by atoms with Crippen LogP contribution in [0.4, 0.5) is 5.82 Å². The highest BCUT2D eigenvalue weighted by Gasteiger charge is 2.23. The molecule has 8 heteroatoms. The zero-order valence-electron chi connectivity index (χ0n) is 15.1. The quantitative estimate of drug-likeness (QED) is 0.341. The molecule has 0 saturated heterocycles. The summed E-state index contributed by atoms with van der Waals surface area (Å²) in [5, 5.41) is 14.9. The Kier molecular flexibility index (Phi) is 7.26. The monoisotopic (exact) mass is 423 g/mol. The average molecular weight is 424 g/mol. The molecule has 0 amide bonds. The minimum Gasteiger partial charge on any atom is -0.477 e. The van der Waals surface area contributed by atoms with Gasteiger partial charge in [0, 0.05) is 16.8 Å². The molecule has 2 aromatic rings. The van der Waals surface area contributed by atoms with Crippen molar-refractivity contribution in [3.63, 3.8) is 0 Å². The number of aromatic nitrogens is 2. The molecular weight excluding hydrogens is 402 g/mol. The van der Waals surface area contributed by atoms with Gasteiger partial charge < -0.3 is 10.4 Å². The highest BCUT2D eigenvalue weighted by molar-refractivity contribution is 7.99. The number of hydrogen-bond acceptors (Lipinski definition) is 6. The predicted octanol–water partition coefficient (Wildman–Crippen LogP) is 5.59. The summed E-state index contributed by atoms with van der Waals surface area (Å²) >= 11 is 8.76. The Bertz CT molecular complexity index is 796. The maximum Gasteiger partial charge on any atom is 0.342 e. The second kappa shape index (κ2) is 9.66. The Hall–Kier alpha value is -1.44. The Morgan fingerprint density at radius 2 is 1.93 bits per heavy atom. The second-order valence-electron chi connectivity index (χ2n) is 6.44. The van der Waals surface area contributed by atoms with Crippen molar-refractivity contribution in [1.29, 1.82) is 0 Å². The third-order valence-electron chi connectivity index (χ3n) is 4.49. The van der Waals surface area contributed by atoms with Gasteiger partial charge in [0.2, 0.25) is 0 Å². The molecule has 1 aromatic carbocycles. The third kappa shape index (κ3) is 5.53. The number of nitrogens with zero attached hydrogens (tertiary/aromatic N) is 2. The van der Waals surface area contributed by atoms with E-state index >= 15 is 0 Å². The number of halogens is 1. The van der Waals surface area contributed by atoms with E-state index in [0.29, 0.717) is 26.8 Å². The summed E-state index contributed by atoms with van der Waals surface area (Å²) < 4.78 is 0. The molecule has 1 heterocycles. The van der Waals surface area contributed by atoms with Gasteiger partial charge in [0.15, 0.2) is 5.16 Å². The van der Waals surface area contributed by atoms with Crippen LogP contribution in [0.25, 0.3) is 0 Å². The van der Waals surface area contributed by atoms with Crippen molar-refractivity contribution in [3.05, 3.63) is 40.4 Å². The van der Waals surface area contributed by atoms with Gasteiger partial charge in [-0.1, -0.05) is 54.8 Å². The fourth-order valence-electron chi connectivity index (χ4n) is 3.09. The number of carbonyl (C=O) groups is 1. The summed E-state index contributed by atoms with van der Waals surface area (Å²) in [5.74, 6) is 0.0532. The largest absolute Gasteiger partial charge is 0.477 e. The molecule has 1 saturated carbocycles. The zero-order valence-corrected chi connectivity index (χ0v) is 17.5. The van der Waals surface area contributed by atoms with E-state index in [4.69, 9.17) is 11.6 Å². The summed E-state index contributed by atoms with van der Waals surface area (Å²) in [6.45, 7) is 0. The summed E-state index contributed by atoms with van der Waals surface area (Å²) in [5.41, 5.74) is 1.23. The van der Waals surface area contributed by atoms with Crippen molar-refractivity contribution in [1.82, 2.24) is 9.97 Å². The number of hydrogen-bond donors (Lipinski definition) is 2. The molecule has 27 heavy (non-hydrogen) atoms. The van der Waals surface area contributed by atoms with E-state index in [9.17, 15) is 9.90 Å². The standard InChI is InChI=1S/C19H22ClN3O2S2/c1-26-19-22-16(21-14-5-3-2-4-6-14)15(18(24)25)17(23-19)27-11-12-7-9-13(20)10-8-12/h7-10,14H,2-6,11H2,1H3,(H,24,25)(H,21,22,23). The Morgan fingerprint density at radius 3 is 2.56 bits per heavy atom. The number of thioether (sulfide) groups is 2. The molecule has 0 aliphatic heterocycles. The van der Waals surface area contributed by atoms with Crippen LogP contribution in [0.15, 0.2) is 34.4 Å². The smallest absolute Gasteiger partial charge is 0.342 e. The second-order valence-corrected chi connectivity index (χ2v) is 8.61. The van der Waals surface area contributed by atoms with Crippen LogP contribution < -0.4 is 5.32 Å². The van der Waals surface area contributed by atoms with Gasteiger partial charge in [0.05, 0.1) is 0 Å². The fraction of sp³-hybridized carbons (Fsp3) is 0.421. The SMILES string of the molecule is CSc1nc(NC2CCCCC2)c(C(=O)O)c(SCc2ccc(Cl)cc2)n1. The normalized spacial score (nSPS) is 14.9. The van der Waals surface area contributed by atoms with Crippen LogP contribution in [0.2, 0.25) is 5.02 Å². The van der Waals surface area contributed by atoms with Gasteiger partial charge in [-0.3, -0.25) is 0 Å². The van der Waals surface area contributed by atoms with E-state index in [2.05, 4.69) is 15.3 Å². The van der Waals surface area contributed by atoms with Crippen LogP contribution in [-0.2, 0) is 5.75 Å². The number of anilines is 1. The highest BCUT2D eigenvalue weighted by atomic mass is 35.5. The van der Waals surface area contributed by atoms with E-state index in [1.807, 2.05) is 30.5 Å². The van der Waals surface area contributed by atoms with Gasteiger partial charge in [0.25, 0.3) is 0 Å². The molecule has 3 rings (SSSR count). The van der Waals surface area contributed by atoms with E-state index in [0.717, 1.165) is 18.4 Å². The van der Waals surface area contributed by atoms with Gasteiger partial charge in [-0.15, -0.1) is 11.8 Å². The summed E-state index contributed by atoms with van der Waals surface area (Å²) in [6.07, 6.45) is 7.56. The van der Waals surface area contributed by atoms with Crippen molar-refractivity contribution < 1.29 is 9.90 Å².